The molecule has 0 saturated carbocycles. The number of para-hydroxylation sites is 1. The number of alkyl halides is 2. The minimum Gasteiger partial charge on any atom is -0.435 e. The third-order valence-corrected chi connectivity index (χ3v) is 4.28. The normalized spacial score (nSPS) is 10.8. The Balaban J connectivity index is 1.44. The summed E-state index contributed by atoms with van der Waals surface area (Å²) in [5.41, 5.74) is 6.89. The molecule has 0 aliphatic rings. The van der Waals surface area contributed by atoms with E-state index in [-0.39, 0.29) is 5.75 Å². The summed E-state index contributed by atoms with van der Waals surface area (Å²) in [6, 6.07) is 13.1. The van der Waals surface area contributed by atoms with Gasteiger partial charge in [0.25, 0.3) is 5.91 Å². The average Bonchev–Trinajstić information content (AvgIpc) is 3.04. The van der Waals surface area contributed by atoms with Crippen LogP contribution in [0.15, 0.2) is 54.7 Å². The lowest BCUT2D eigenvalue weighted by Gasteiger charge is -2.09. The number of amides is 3. The Bertz CT molecular complexity index is 1000. The molecule has 0 fully saturated rings. The number of nitrogens with one attached hydrogen (secondary N) is 3. The molecule has 0 radical (unpaired) electrons. The van der Waals surface area contributed by atoms with Crippen LogP contribution in [0.5, 0.6) is 5.75 Å². The molecule has 3 rings (SSSR count). The molecule has 0 atom stereocenters. The number of benzene rings is 2. The first-order chi connectivity index (χ1) is 13.9. The molecule has 0 aliphatic carbocycles. The monoisotopic (exact) mass is 402 g/mol. The fourth-order valence-electron chi connectivity index (χ4n) is 2.91. The number of carbonyl (C=O) groups excluding carboxylic acids is 2. The summed E-state index contributed by atoms with van der Waals surface area (Å²) in [5, 5.41) is 3.39. The number of fused-ring (bicyclic) bond motifs is 1. The van der Waals surface area contributed by atoms with Gasteiger partial charge in [0.05, 0.1) is 5.56 Å². The summed E-state index contributed by atoms with van der Waals surface area (Å²) in [4.78, 5) is 24.2. The van der Waals surface area contributed by atoms with Gasteiger partial charge in [-0.3, -0.25) is 10.2 Å². The van der Waals surface area contributed by atoms with Crippen molar-refractivity contribution >= 4 is 22.8 Å². The van der Waals surface area contributed by atoms with Crippen molar-refractivity contribution in [2.24, 2.45) is 7.05 Å². The lowest BCUT2D eigenvalue weighted by molar-refractivity contribution is -0.0498. The number of hydrogen-bond acceptors (Lipinski definition) is 3. The van der Waals surface area contributed by atoms with Gasteiger partial charge in [0, 0.05) is 30.7 Å². The molecule has 0 bridgehead atoms. The molecule has 2 aromatic carbocycles. The number of urea groups is 1. The number of aromatic nitrogens is 1. The van der Waals surface area contributed by atoms with Crippen LogP contribution in [0.1, 0.15) is 15.9 Å². The molecule has 0 aliphatic heterocycles. The SMILES string of the molecule is Cn1cc(C(=O)NNC(=O)NCCc2ccc(OC(F)F)cc2)c2ccccc21. The highest BCUT2D eigenvalue weighted by molar-refractivity contribution is 6.07. The molecular weight excluding hydrogens is 382 g/mol. The van der Waals surface area contributed by atoms with E-state index in [0.29, 0.717) is 18.5 Å². The highest BCUT2D eigenvalue weighted by Gasteiger charge is 2.14. The fourth-order valence-corrected chi connectivity index (χ4v) is 2.91. The van der Waals surface area contributed by atoms with Gasteiger partial charge in [0.2, 0.25) is 0 Å². The summed E-state index contributed by atoms with van der Waals surface area (Å²) in [7, 11) is 1.84. The Morgan fingerprint density at radius 2 is 1.79 bits per heavy atom. The predicted molar refractivity (Wildman–Crippen MR) is 104 cm³/mol. The maximum atomic E-state index is 12.3. The van der Waals surface area contributed by atoms with Gasteiger partial charge in [-0.1, -0.05) is 30.3 Å². The Labute approximate surface area is 165 Å². The second kappa shape index (κ2) is 9.05. The second-order valence-corrected chi connectivity index (χ2v) is 6.28. The van der Waals surface area contributed by atoms with E-state index in [1.807, 2.05) is 35.9 Å². The topological polar surface area (TPSA) is 84.4 Å². The summed E-state index contributed by atoms with van der Waals surface area (Å²) >= 11 is 0. The fraction of sp³-hybridized carbons (Fsp3) is 0.200. The van der Waals surface area contributed by atoms with Crippen LogP contribution in [-0.2, 0) is 13.5 Å². The van der Waals surface area contributed by atoms with Gasteiger partial charge in [-0.25, -0.2) is 10.2 Å². The van der Waals surface area contributed by atoms with E-state index in [4.69, 9.17) is 0 Å². The van der Waals surface area contributed by atoms with Crippen LogP contribution in [0.2, 0.25) is 0 Å². The first kappa shape index (κ1) is 20.1. The van der Waals surface area contributed by atoms with Crippen LogP contribution >= 0.6 is 0 Å². The summed E-state index contributed by atoms with van der Waals surface area (Å²) < 4.78 is 30.4. The van der Waals surface area contributed by atoms with Crippen LogP contribution in [0.3, 0.4) is 0 Å². The molecule has 3 aromatic rings. The Morgan fingerprint density at radius 3 is 2.52 bits per heavy atom. The second-order valence-electron chi connectivity index (χ2n) is 6.28. The van der Waals surface area contributed by atoms with Crippen molar-refractivity contribution in [1.29, 1.82) is 0 Å². The number of nitrogens with zero attached hydrogens (tertiary/aromatic N) is 1. The highest BCUT2D eigenvalue weighted by atomic mass is 19.3. The molecule has 1 aromatic heterocycles. The summed E-state index contributed by atoms with van der Waals surface area (Å²) in [5.74, 6) is -0.350. The molecule has 7 nitrogen and oxygen atoms in total. The molecule has 0 unspecified atom stereocenters. The van der Waals surface area contributed by atoms with Gasteiger partial charge in [0.15, 0.2) is 0 Å². The van der Waals surface area contributed by atoms with E-state index < -0.39 is 18.5 Å². The zero-order chi connectivity index (χ0) is 20.8. The number of halogens is 2. The van der Waals surface area contributed by atoms with Gasteiger partial charge >= 0.3 is 12.6 Å². The smallest absolute Gasteiger partial charge is 0.387 e. The number of hydrazine groups is 1. The van der Waals surface area contributed by atoms with E-state index in [2.05, 4.69) is 20.9 Å². The third kappa shape index (κ3) is 5.22. The molecule has 3 N–H and O–H groups in total. The Kier molecular flexibility index (Phi) is 6.28. The molecule has 1 heterocycles. The predicted octanol–water partition coefficient (Wildman–Crippen LogP) is 2.97. The van der Waals surface area contributed by atoms with Crippen molar-refractivity contribution in [3.8, 4) is 5.75 Å². The van der Waals surface area contributed by atoms with Gasteiger partial charge in [0.1, 0.15) is 5.75 Å². The molecule has 3 amide bonds. The Morgan fingerprint density at radius 1 is 1.07 bits per heavy atom. The average molecular weight is 402 g/mol. The maximum absolute atomic E-state index is 12.3. The van der Waals surface area contributed by atoms with Gasteiger partial charge < -0.3 is 14.6 Å². The quantitative estimate of drug-likeness (QED) is 0.555. The van der Waals surface area contributed by atoms with Crippen LogP contribution in [-0.4, -0.2) is 29.7 Å². The number of ether oxygens (including phenoxy) is 1. The zero-order valence-electron chi connectivity index (χ0n) is 15.6. The maximum Gasteiger partial charge on any atom is 0.387 e. The highest BCUT2D eigenvalue weighted by Crippen LogP contribution is 2.19. The van der Waals surface area contributed by atoms with E-state index in [1.54, 1.807) is 18.3 Å². The Hall–Kier alpha value is -3.62. The molecular formula is C20H20F2N4O3. The number of carbonyl (C=O) groups is 2. The van der Waals surface area contributed by atoms with Gasteiger partial charge in [-0.15, -0.1) is 0 Å². The van der Waals surface area contributed by atoms with E-state index in [0.717, 1.165) is 16.5 Å². The van der Waals surface area contributed by atoms with Crippen molar-refractivity contribution in [3.05, 3.63) is 65.9 Å². The van der Waals surface area contributed by atoms with E-state index in [1.165, 1.54) is 12.1 Å². The summed E-state index contributed by atoms with van der Waals surface area (Å²) in [6.07, 6.45) is 2.18. The van der Waals surface area contributed by atoms with Crippen molar-refractivity contribution in [3.63, 3.8) is 0 Å². The van der Waals surface area contributed by atoms with Gasteiger partial charge in [-0.05, 0) is 30.2 Å². The number of hydrogen-bond donors (Lipinski definition) is 3. The van der Waals surface area contributed by atoms with Crippen molar-refractivity contribution in [2.75, 3.05) is 6.54 Å². The van der Waals surface area contributed by atoms with Crippen LogP contribution in [0.4, 0.5) is 13.6 Å². The molecule has 152 valence electrons. The van der Waals surface area contributed by atoms with Crippen LogP contribution < -0.4 is 20.9 Å². The minimum absolute atomic E-state index is 0.0746. The van der Waals surface area contributed by atoms with Crippen molar-refractivity contribution < 1.29 is 23.1 Å². The van der Waals surface area contributed by atoms with Gasteiger partial charge in [-0.2, -0.15) is 8.78 Å². The lowest BCUT2D eigenvalue weighted by Crippen LogP contribution is -2.47. The van der Waals surface area contributed by atoms with Crippen LogP contribution in [0.25, 0.3) is 10.9 Å². The van der Waals surface area contributed by atoms with Crippen LogP contribution in [0, 0.1) is 0 Å². The third-order valence-electron chi connectivity index (χ3n) is 4.28. The lowest BCUT2D eigenvalue weighted by atomic mass is 10.1. The minimum atomic E-state index is -2.87. The summed E-state index contributed by atoms with van der Waals surface area (Å²) in [6.45, 7) is -2.57. The zero-order valence-corrected chi connectivity index (χ0v) is 15.6. The molecule has 0 spiro atoms. The molecule has 9 heteroatoms. The van der Waals surface area contributed by atoms with E-state index in [9.17, 15) is 18.4 Å². The first-order valence-electron chi connectivity index (χ1n) is 8.86. The largest absolute Gasteiger partial charge is 0.435 e. The van der Waals surface area contributed by atoms with Crippen molar-refractivity contribution in [2.45, 2.75) is 13.0 Å². The number of rotatable bonds is 6. The van der Waals surface area contributed by atoms with E-state index >= 15 is 0 Å². The molecule has 0 saturated heterocycles. The number of aryl methyl sites for hydroxylation is 1. The standard InChI is InChI=1S/C20H20F2N4O3/c1-26-12-16(15-4-2-3-5-17(15)26)18(27)24-25-20(28)23-11-10-13-6-8-14(9-7-13)29-19(21)22/h2-9,12,19H,10-11H2,1H3,(H,24,27)(H2,23,25,28). The van der Waals surface area contributed by atoms with Crippen molar-refractivity contribution in [1.82, 2.24) is 20.7 Å². The molecule has 29 heavy (non-hydrogen) atoms. The first-order valence-corrected chi connectivity index (χ1v) is 8.86.